The van der Waals surface area contributed by atoms with Gasteiger partial charge in [0.1, 0.15) is 0 Å². The minimum atomic E-state index is -0.284. The van der Waals surface area contributed by atoms with Gasteiger partial charge >= 0.3 is 5.97 Å². The third-order valence-corrected chi connectivity index (χ3v) is 4.67. The minimum Gasteiger partial charge on any atom is -0.465 e. The third-order valence-electron chi connectivity index (χ3n) is 4.67. The molecule has 0 aliphatic heterocycles. The Morgan fingerprint density at radius 3 is 2.38 bits per heavy atom. The zero-order chi connectivity index (χ0) is 15.7. The van der Waals surface area contributed by atoms with E-state index in [0.717, 1.165) is 25.7 Å². The van der Waals surface area contributed by atoms with E-state index in [1.165, 1.54) is 19.3 Å². The lowest BCUT2D eigenvalue weighted by molar-refractivity contribution is -0.217. The molecule has 0 bridgehead atoms. The summed E-state index contributed by atoms with van der Waals surface area (Å²) in [5, 5.41) is 0. The summed E-state index contributed by atoms with van der Waals surface area (Å²) in [4.78, 5) is 11.6. The smallest absolute Gasteiger partial charge is 0.308 e. The van der Waals surface area contributed by atoms with Gasteiger partial charge in [0.15, 0.2) is 6.29 Å². The molecule has 124 valence electrons. The SMILES string of the molecule is CCC(C)C(=O)OCCC(OC)OC1(CC)CCCCC1. The maximum atomic E-state index is 11.6. The molecule has 0 spiro atoms. The number of hydrogen-bond donors (Lipinski definition) is 0. The van der Waals surface area contributed by atoms with E-state index in [9.17, 15) is 4.79 Å². The zero-order valence-corrected chi connectivity index (χ0v) is 14.2. The van der Waals surface area contributed by atoms with Gasteiger partial charge in [0.25, 0.3) is 0 Å². The molecule has 0 heterocycles. The van der Waals surface area contributed by atoms with E-state index in [4.69, 9.17) is 14.2 Å². The lowest BCUT2D eigenvalue weighted by Gasteiger charge is -2.39. The molecule has 0 radical (unpaired) electrons. The molecular weight excluding hydrogens is 268 g/mol. The molecule has 0 amide bonds. The molecule has 0 aromatic carbocycles. The Labute approximate surface area is 129 Å². The highest BCUT2D eigenvalue weighted by molar-refractivity contribution is 5.71. The van der Waals surface area contributed by atoms with Crippen LogP contribution in [-0.2, 0) is 19.0 Å². The number of hydrogen-bond acceptors (Lipinski definition) is 4. The molecule has 0 aromatic rings. The van der Waals surface area contributed by atoms with Crippen molar-refractivity contribution in [1.82, 2.24) is 0 Å². The van der Waals surface area contributed by atoms with Crippen LogP contribution >= 0.6 is 0 Å². The fraction of sp³-hybridized carbons (Fsp3) is 0.941. The lowest BCUT2D eigenvalue weighted by atomic mass is 9.82. The summed E-state index contributed by atoms with van der Waals surface area (Å²) in [6, 6.07) is 0. The molecule has 1 rings (SSSR count). The van der Waals surface area contributed by atoms with Gasteiger partial charge in [0.05, 0.1) is 18.1 Å². The molecule has 1 saturated carbocycles. The average molecular weight is 300 g/mol. The van der Waals surface area contributed by atoms with E-state index in [0.29, 0.717) is 13.0 Å². The maximum Gasteiger partial charge on any atom is 0.308 e. The summed E-state index contributed by atoms with van der Waals surface area (Å²) >= 11 is 0. The number of carbonyl (C=O) groups excluding carboxylic acids is 1. The summed E-state index contributed by atoms with van der Waals surface area (Å²) in [6.07, 6.45) is 8.11. The molecule has 2 unspecified atom stereocenters. The molecule has 4 nitrogen and oxygen atoms in total. The fourth-order valence-electron chi connectivity index (χ4n) is 2.82. The van der Waals surface area contributed by atoms with Gasteiger partial charge < -0.3 is 14.2 Å². The summed E-state index contributed by atoms with van der Waals surface area (Å²) in [5.74, 6) is -0.164. The molecule has 2 atom stereocenters. The highest BCUT2D eigenvalue weighted by atomic mass is 16.7. The van der Waals surface area contributed by atoms with Crippen LogP contribution in [0, 0.1) is 5.92 Å². The van der Waals surface area contributed by atoms with E-state index in [-0.39, 0.29) is 23.8 Å². The summed E-state index contributed by atoms with van der Waals surface area (Å²) < 4.78 is 17.0. The summed E-state index contributed by atoms with van der Waals surface area (Å²) in [5.41, 5.74) is -0.0420. The average Bonchev–Trinajstić information content (AvgIpc) is 2.53. The van der Waals surface area contributed by atoms with E-state index in [1.807, 2.05) is 13.8 Å². The zero-order valence-electron chi connectivity index (χ0n) is 14.2. The van der Waals surface area contributed by atoms with Gasteiger partial charge in [-0.3, -0.25) is 4.79 Å². The fourth-order valence-corrected chi connectivity index (χ4v) is 2.82. The Morgan fingerprint density at radius 1 is 1.19 bits per heavy atom. The molecule has 0 aromatic heterocycles. The van der Waals surface area contributed by atoms with Crippen molar-refractivity contribution in [2.45, 2.75) is 84.0 Å². The van der Waals surface area contributed by atoms with Crippen molar-refractivity contribution in [3.63, 3.8) is 0 Å². The number of rotatable bonds is 9. The molecule has 4 heteroatoms. The van der Waals surface area contributed by atoms with Crippen molar-refractivity contribution in [2.24, 2.45) is 5.92 Å². The van der Waals surface area contributed by atoms with Crippen molar-refractivity contribution in [3.8, 4) is 0 Å². The van der Waals surface area contributed by atoms with E-state index in [1.54, 1.807) is 7.11 Å². The van der Waals surface area contributed by atoms with Crippen LogP contribution in [0.25, 0.3) is 0 Å². The van der Waals surface area contributed by atoms with E-state index < -0.39 is 0 Å². The van der Waals surface area contributed by atoms with Crippen molar-refractivity contribution >= 4 is 5.97 Å². The first-order valence-electron chi connectivity index (χ1n) is 8.44. The molecule has 1 aliphatic rings. The number of methoxy groups -OCH3 is 1. The van der Waals surface area contributed by atoms with Gasteiger partial charge in [-0.15, -0.1) is 0 Å². The molecule has 21 heavy (non-hydrogen) atoms. The third kappa shape index (κ3) is 5.95. The van der Waals surface area contributed by atoms with Crippen LogP contribution in [0.2, 0.25) is 0 Å². The largest absolute Gasteiger partial charge is 0.465 e. The number of esters is 1. The van der Waals surface area contributed by atoms with Gasteiger partial charge in [-0.2, -0.15) is 0 Å². The van der Waals surface area contributed by atoms with Crippen LogP contribution in [0.15, 0.2) is 0 Å². The highest BCUT2D eigenvalue weighted by Crippen LogP contribution is 2.35. The van der Waals surface area contributed by atoms with Crippen molar-refractivity contribution in [3.05, 3.63) is 0 Å². The van der Waals surface area contributed by atoms with Gasteiger partial charge in [0.2, 0.25) is 0 Å². The second-order valence-electron chi connectivity index (χ2n) is 6.15. The van der Waals surface area contributed by atoms with Gasteiger partial charge in [-0.25, -0.2) is 0 Å². The lowest BCUT2D eigenvalue weighted by Crippen LogP contribution is -2.39. The van der Waals surface area contributed by atoms with E-state index in [2.05, 4.69) is 6.92 Å². The first-order valence-corrected chi connectivity index (χ1v) is 8.44. The normalized spacial score (nSPS) is 20.8. The topological polar surface area (TPSA) is 44.8 Å². The second kappa shape index (κ2) is 9.42. The Morgan fingerprint density at radius 2 is 1.86 bits per heavy atom. The van der Waals surface area contributed by atoms with Crippen molar-refractivity contribution in [2.75, 3.05) is 13.7 Å². The van der Waals surface area contributed by atoms with E-state index >= 15 is 0 Å². The number of carbonyl (C=O) groups is 1. The molecular formula is C17H32O4. The van der Waals surface area contributed by atoms with Crippen LogP contribution in [0.3, 0.4) is 0 Å². The standard InChI is InChI=1S/C17H32O4/c1-5-14(3)16(18)20-13-10-15(19-4)21-17(6-2)11-8-7-9-12-17/h14-15H,5-13H2,1-4H3. The Hall–Kier alpha value is -0.610. The first kappa shape index (κ1) is 18.4. The highest BCUT2D eigenvalue weighted by Gasteiger charge is 2.33. The molecule has 0 saturated heterocycles. The van der Waals surface area contributed by atoms with Crippen LogP contribution < -0.4 is 0 Å². The maximum absolute atomic E-state index is 11.6. The van der Waals surface area contributed by atoms with Crippen LogP contribution in [0.1, 0.15) is 72.1 Å². The van der Waals surface area contributed by atoms with Crippen LogP contribution in [0.5, 0.6) is 0 Å². The van der Waals surface area contributed by atoms with Crippen molar-refractivity contribution < 1.29 is 19.0 Å². The number of ether oxygens (including phenoxy) is 3. The van der Waals surface area contributed by atoms with Gasteiger partial charge in [-0.05, 0) is 25.7 Å². The monoisotopic (exact) mass is 300 g/mol. The predicted octanol–water partition coefficient (Wildman–Crippen LogP) is 4.07. The first-order chi connectivity index (χ1) is 10.1. The summed E-state index contributed by atoms with van der Waals surface area (Å²) in [7, 11) is 1.66. The second-order valence-corrected chi connectivity index (χ2v) is 6.15. The minimum absolute atomic E-state index is 0.0350. The summed E-state index contributed by atoms with van der Waals surface area (Å²) in [6.45, 7) is 6.42. The Bertz CT molecular complexity index is 297. The van der Waals surface area contributed by atoms with Crippen LogP contribution in [-0.4, -0.2) is 31.6 Å². The van der Waals surface area contributed by atoms with Crippen LogP contribution in [0.4, 0.5) is 0 Å². The van der Waals surface area contributed by atoms with Gasteiger partial charge in [0, 0.05) is 13.5 Å². The molecule has 1 fully saturated rings. The Balaban J connectivity index is 2.38. The van der Waals surface area contributed by atoms with Gasteiger partial charge in [-0.1, -0.05) is 40.0 Å². The quantitative estimate of drug-likeness (QED) is 0.475. The Kier molecular flexibility index (Phi) is 8.27. The predicted molar refractivity (Wildman–Crippen MR) is 83.0 cm³/mol. The molecule has 0 N–H and O–H groups in total. The molecule has 1 aliphatic carbocycles. The van der Waals surface area contributed by atoms with Crippen molar-refractivity contribution in [1.29, 1.82) is 0 Å².